The second kappa shape index (κ2) is 12.0. The summed E-state index contributed by atoms with van der Waals surface area (Å²) in [6.07, 6.45) is 0. The van der Waals surface area contributed by atoms with Crippen molar-refractivity contribution in [3.05, 3.63) is 46.8 Å². The van der Waals surface area contributed by atoms with Crippen LogP contribution in [0, 0.1) is 13.8 Å². The quantitative estimate of drug-likeness (QED) is 0.327. The molecule has 0 amide bonds. The van der Waals surface area contributed by atoms with Crippen LogP contribution in [0.1, 0.15) is 39.0 Å². The number of carbonyl (C=O) groups is 2. The zero-order valence-electron chi connectivity index (χ0n) is 21.6. The van der Waals surface area contributed by atoms with E-state index < -0.39 is 16.0 Å². The molecule has 0 atom stereocenters. The number of hydrogen-bond acceptors (Lipinski definition) is 8. The Hall–Kier alpha value is -2.73. The first kappa shape index (κ1) is 27.9. The third-order valence-electron chi connectivity index (χ3n) is 6.53. The predicted octanol–water partition coefficient (Wildman–Crippen LogP) is 2.13. The number of sulfonamides is 1. The van der Waals surface area contributed by atoms with Gasteiger partial charge in [0.05, 0.1) is 38.9 Å². The molecule has 0 aliphatic carbocycles. The van der Waals surface area contributed by atoms with Crippen molar-refractivity contribution in [1.29, 1.82) is 0 Å². The van der Waals surface area contributed by atoms with Gasteiger partial charge in [-0.2, -0.15) is 4.31 Å². The summed E-state index contributed by atoms with van der Waals surface area (Å²) in [5.74, 6) is -0.375. The number of benzene rings is 1. The summed E-state index contributed by atoms with van der Waals surface area (Å²) in [6, 6.07) is 6.10. The molecular formula is C25H35N3O7S. The standard InChI is InChI=1S/C25H35N3O7S/c1-6-28-19(3)23(18(2)24(28)25(30)34-5)22(29)17-27(12-11-26-13-15-35-16-14-26)36(31,32)21-9-7-20(33-4)8-10-21/h7-10H,6,11-17H2,1-5H3. The number of carbonyl (C=O) groups excluding carboxylic acids is 2. The Balaban J connectivity index is 1.95. The van der Waals surface area contributed by atoms with E-state index in [2.05, 4.69) is 4.90 Å². The van der Waals surface area contributed by atoms with Crippen molar-refractivity contribution in [1.82, 2.24) is 13.8 Å². The van der Waals surface area contributed by atoms with Crippen molar-refractivity contribution in [3.8, 4) is 5.75 Å². The van der Waals surface area contributed by atoms with Gasteiger partial charge in [0.25, 0.3) is 0 Å². The molecule has 1 saturated heterocycles. The molecule has 0 unspecified atom stereocenters. The highest BCUT2D eigenvalue weighted by molar-refractivity contribution is 7.89. The smallest absolute Gasteiger partial charge is 0.354 e. The molecule has 1 fully saturated rings. The Labute approximate surface area is 212 Å². The van der Waals surface area contributed by atoms with Gasteiger partial charge in [0.2, 0.25) is 10.0 Å². The maximum atomic E-state index is 13.6. The zero-order chi connectivity index (χ0) is 26.5. The highest BCUT2D eigenvalue weighted by Gasteiger charge is 2.31. The van der Waals surface area contributed by atoms with Gasteiger partial charge in [0.15, 0.2) is 5.78 Å². The SMILES string of the molecule is CCn1c(C)c(C(=O)CN(CCN2CCOCC2)S(=O)(=O)c2ccc(OC)cc2)c(C)c1C(=O)OC. The van der Waals surface area contributed by atoms with Crippen molar-refractivity contribution in [3.63, 3.8) is 0 Å². The van der Waals surface area contributed by atoms with E-state index in [4.69, 9.17) is 14.2 Å². The fraction of sp³-hybridized carbons (Fsp3) is 0.520. The molecule has 11 heteroatoms. The molecule has 1 aliphatic heterocycles. The van der Waals surface area contributed by atoms with Crippen molar-refractivity contribution in [2.45, 2.75) is 32.2 Å². The molecule has 0 radical (unpaired) electrons. The van der Waals surface area contributed by atoms with Gasteiger partial charge < -0.3 is 18.8 Å². The fourth-order valence-corrected chi connectivity index (χ4v) is 5.95. The molecule has 0 spiro atoms. The van der Waals surface area contributed by atoms with Gasteiger partial charge in [0.1, 0.15) is 11.4 Å². The Kier molecular flexibility index (Phi) is 9.29. The second-order valence-corrected chi connectivity index (χ2v) is 10.5. The number of ether oxygens (including phenoxy) is 3. The molecule has 1 aromatic heterocycles. The summed E-state index contributed by atoms with van der Waals surface area (Å²) in [7, 11) is -1.19. The van der Waals surface area contributed by atoms with E-state index in [0.717, 1.165) is 0 Å². The molecule has 1 aromatic carbocycles. The van der Waals surface area contributed by atoms with Crippen LogP contribution in [0.15, 0.2) is 29.2 Å². The summed E-state index contributed by atoms with van der Waals surface area (Å²) in [6.45, 7) is 8.60. The van der Waals surface area contributed by atoms with E-state index in [1.807, 2.05) is 6.92 Å². The minimum absolute atomic E-state index is 0.0768. The average Bonchev–Trinajstić information content (AvgIpc) is 3.15. The van der Waals surface area contributed by atoms with E-state index in [-0.39, 0.29) is 23.8 Å². The fourth-order valence-electron chi connectivity index (χ4n) is 4.56. The van der Waals surface area contributed by atoms with Crippen LogP contribution in [0.3, 0.4) is 0 Å². The normalized spacial score (nSPS) is 14.7. The number of morpholine rings is 1. The van der Waals surface area contributed by atoms with Gasteiger partial charge in [-0.05, 0) is 50.6 Å². The zero-order valence-corrected chi connectivity index (χ0v) is 22.4. The summed E-state index contributed by atoms with van der Waals surface area (Å²) < 4.78 is 45.7. The molecule has 3 rings (SSSR count). The lowest BCUT2D eigenvalue weighted by molar-refractivity contribution is 0.0362. The van der Waals surface area contributed by atoms with Crippen molar-refractivity contribution in [2.75, 3.05) is 60.2 Å². The minimum atomic E-state index is -3.98. The van der Waals surface area contributed by atoms with Crippen LogP contribution in [0.25, 0.3) is 0 Å². The predicted molar refractivity (Wildman–Crippen MR) is 134 cm³/mol. The third kappa shape index (κ3) is 5.80. The topological polar surface area (TPSA) is 107 Å². The van der Waals surface area contributed by atoms with E-state index in [9.17, 15) is 18.0 Å². The van der Waals surface area contributed by atoms with E-state index in [0.29, 0.717) is 67.7 Å². The van der Waals surface area contributed by atoms with Crippen LogP contribution < -0.4 is 4.74 Å². The number of aromatic nitrogens is 1. The lowest BCUT2D eigenvalue weighted by atomic mass is 10.1. The molecule has 0 N–H and O–H groups in total. The first-order valence-electron chi connectivity index (χ1n) is 11.9. The molecule has 36 heavy (non-hydrogen) atoms. The van der Waals surface area contributed by atoms with E-state index in [1.165, 1.54) is 30.7 Å². The lowest BCUT2D eigenvalue weighted by Crippen LogP contribution is -2.44. The number of rotatable bonds is 11. The Bertz CT molecular complexity index is 1180. The van der Waals surface area contributed by atoms with Crippen LogP contribution >= 0.6 is 0 Å². The van der Waals surface area contributed by atoms with Crippen LogP contribution in [-0.2, 0) is 26.0 Å². The largest absolute Gasteiger partial charge is 0.497 e. The molecule has 10 nitrogen and oxygen atoms in total. The number of hydrogen-bond donors (Lipinski definition) is 0. The van der Waals surface area contributed by atoms with E-state index in [1.54, 1.807) is 30.5 Å². The van der Waals surface area contributed by atoms with Gasteiger partial charge in [0, 0.05) is 44.0 Å². The average molecular weight is 522 g/mol. The molecule has 198 valence electrons. The molecular weight excluding hydrogens is 486 g/mol. The monoisotopic (exact) mass is 521 g/mol. The number of ketones is 1. The van der Waals surface area contributed by atoms with Crippen LogP contribution in [0.4, 0.5) is 0 Å². The minimum Gasteiger partial charge on any atom is -0.497 e. The Morgan fingerprint density at radius 3 is 2.28 bits per heavy atom. The third-order valence-corrected chi connectivity index (χ3v) is 8.39. The van der Waals surface area contributed by atoms with Crippen molar-refractivity contribution >= 4 is 21.8 Å². The van der Waals surface area contributed by atoms with Crippen molar-refractivity contribution < 1.29 is 32.2 Å². The Morgan fingerprint density at radius 2 is 1.72 bits per heavy atom. The maximum Gasteiger partial charge on any atom is 0.354 e. The van der Waals surface area contributed by atoms with Crippen LogP contribution in [0.2, 0.25) is 0 Å². The Morgan fingerprint density at radius 1 is 1.08 bits per heavy atom. The molecule has 1 aliphatic rings. The molecule has 2 heterocycles. The number of Topliss-reactive ketones (excluding diaryl/α,β-unsaturated/α-hetero) is 1. The highest BCUT2D eigenvalue weighted by atomic mass is 32.2. The van der Waals surface area contributed by atoms with Gasteiger partial charge in [-0.3, -0.25) is 9.69 Å². The summed E-state index contributed by atoms with van der Waals surface area (Å²) in [5.41, 5.74) is 1.74. The second-order valence-electron chi connectivity index (χ2n) is 8.56. The van der Waals surface area contributed by atoms with Crippen molar-refractivity contribution in [2.24, 2.45) is 0 Å². The molecule has 2 aromatic rings. The lowest BCUT2D eigenvalue weighted by Gasteiger charge is -2.29. The van der Waals surface area contributed by atoms with E-state index >= 15 is 0 Å². The number of nitrogens with zero attached hydrogens (tertiary/aromatic N) is 3. The van der Waals surface area contributed by atoms with Crippen LogP contribution in [0.5, 0.6) is 5.75 Å². The first-order valence-corrected chi connectivity index (χ1v) is 13.3. The highest BCUT2D eigenvalue weighted by Crippen LogP contribution is 2.26. The summed E-state index contributed by atoms with van der Waals surface area (Å²) in [5, 5.41) is 0. The summed E-state index contributed by atoms with van der Waals surface area (Å²) >= 11 is 0. The number of methoxy groups -OCH3 is 2. The molecule has 0 saturated carbocycles. The maximum absolute atomic E-state index is 13.6. The first-order chi connectivity index (χ1) is 17.1. The van der Waals surface area contributed by atoms with Gasteiger partial charge in [-0.1, -0.05) is 0 Å². The number of esters is 1. The van der Waals surface area contributed by atoms with Gasteiger partial charge >= 0.3 is 5.97 Å². The van der Waals surface area contributed by atoms with Gasteiger partial charge in [-0.15, -0.1) is 0 Å². The van der Waals surface area contributed by atoms with Crippen LogP contribution in [-0.4, -0.2) is 94.1 Å². The summed E-state index contributed by atoms with van der Waals surface area (Å²) in [4.78, 5) is 28.2. The molecule has 0 bridgehead atoms. The van der Waals surface area contributed by atoms with Gasteiger partial charge in [-0.25, -0.2) is 13.2 Å².